The van der Waals surface area contributed by atoms with Gasteiger partial charge in [0.1, 0.15) is 5.69 Å². The fraction of sp³-hybridized carbons (Fsp3) is 0. The van der Waals surface area contributed by atoms with Crippen molar-refractivity contribution < 1.29 is 4.79 Å². The van der Waals surface area contributed by atoms with Crippen LogP contribution in [-0.4, -0.2) is 26.5 Å². The third kappa shape index (κ3) is 2.90. The highest BCUT2D eigenvalue weighted by Gasteiger charge is 2.09. The molecule has 0 aliphatic carbocycles. The normalized spacial score (nSPS) is 11.1. The van der Waals surface area contributed by atoms with Crippen molar-refractivity contribution in [2.24, 2.45) is 5.10 Å². The van der Waals surface area contributed by atoms with Gasteiger partial charge in [0.2, 0.25) is 0 Å². The number of carbonyl (C=O) groups excluding carboxylic acids is 1. The molecule has 1 N–H and O–H groups in total. The van der Waals surface area contributed by atoms with E-state index in [0.717, 1.165) is 5.56 Å². The van der Waals surface area contributed by atoms with Crippen molar-refractivity contribution in [1.29, 1.82) is 0 Å². The van der Waals surface area contributed by atoms with Crippen molar-refractivity contribution in [3.8, 4) is 0 Å². The summed E-state index contributed by atoms with van der Waals surface area (Å²) < 4.78 is 1.71. The van der Waals surface area contributed by atoms with E-state index in [2.05, 4.69) is 20.5 Å². The molecule has 0 saturated carbocycles. The van der Waals surface area contributed by atoms with Gasteiger partial charge >= 0.3 is 0 Å². The van der Waals surface area contributed by atoms with E-state index in [0.29, 0.717) is 10.7 Å². The van der Waals surface area contributed by atoms with Gasteiger partial charge in [-0.1, -0.05) is 29.8 Å². The first-order chi connectivity index (χ1) is 10.2. The third-order valence-corrected chi connectivity index (χ3v) is 3.12. The zero-order valence-electron chi connectivity index (χ0n) is 10.8. The molecular weight excluding hydrogens is 290 g/mol. The minimum absolute atomic E-state index is 0.263. The van der Waals surface area contributed by atoms with Crippen LogP contribution in [0, 0.1) is 0 Å². The number of aromatic nitrogens is 3. The molecule has 0 atom stereocenters. The van der Waals surface area contributed by atoms with Crippen LogP contribution in [0.5, 0.6) is 0 Å². The monoisotopic (exact) mass is 299 g/mol. The van der Waals surface area contributed by atoms with Gasteiger partial charge in [-0.05, 0) is 6.07 Å². The molecule has 0 unspecified atom stereocenters. The number of benzene rings is 1. The third-order valence-electron chi connectivity index (χ3n) is 2.77. The van der Waals surface area contributed by atoms with Gasteiger partial charge < -0.3 is 4.40 Å². The number of hydrazone groups is 1. The number of fused-ring (bicyclic) bond motifs is 1. The molecule has 0 spiro atoms. The molecule has 3 rings (SSSR count). The Hall–Kier alpha value is -2.73. The molecule has 0 aliphatic heterocycles. The molecule has 0 fully saturated rings. The molecule has 7 heteroatoms. The zero-order chi connectivity index (χ0) is 14.7. The summed E-state index contributed by atoms with van der Waals surface area (Å²) in [7, 11) is 0. The minimum atomic E-state index is -0.401. The maximum Gasteiger partial charge on any atom is 0.291 e. The molecule has 0 saturated heterocycles. The van der Waals surface area contributed by atoms with E-state index in [4.69, 9.17) is 11.6 Å². The molecule has 6 nitrogen and oxygen atoms in total. The second-order valence-electron chi connectivity index (χ2n) is 4.19. The topological polar surface area (TPSA) is 71.7 Å². The minimum Gasteiger partial charge on any atom is -0.303 e. The summed E-state index contributed by atoms with van der Waals surface area (Å²) in [5.74, 6) is -0.401. The van der Waals surface area contributed by atoms with Crippen LogP contribution in [0.1, 0.15) is 16.1 Å². The Balaban J connectivity index is 1.73. The highest BCUT2D eigenvalue weighted by molar-refractivity contribution is 6.33. The first kappa shape index (κ1) is 13.3. The van der Waals surface area contributed by atoms with Gasteiger partial charge in [0.25, 0.3) is 5.91 Å². The van der Waals surface area contributed by atoms with Crippen molar-refractivity contribution in [3.05, 3.63) is 65.3 Å². The van der Waals surface area contributed by atoms with E-state index in [-0.39, 0.29) is 5.69 Å². The lowest BCUT2D eigenvalue weighted by molar-refractivity contribution is 0.0951. The van der Waals surface area contributed by atoms with Crippen molar-refractivity contribution in [2.75, 3.05) is 0 Å². The smallest absolute Gasteiger partial charge is 0.291 e. The van der Waals surface area contributed by atoms with Crippen LogP contribution in [0.15, 0.2) is 54.2 Å². The van der Waals surface area contributed by atoms with E-state index in [1.165, 1.54) is 6.21 Å². The van der Waals surface area contributed by atoms with E-state index >= 15 is 0 Å². The zero-order valence-corrected chi connectivity index (χ0v) is 11.5. The molecule has 1 amide bonds. The van der Waals surface area contributed by atoms with Crippen LogP contribution in [0.3, 0.4) is 0 Å². The van der Waals surface area contributed by atoms with Gasteiger partial charge in [0, 0.05) is 29.2 Å². The molecule has 2 aromatic heterocycles. The number of nitrogens with one attached hydrogen (secondary N) is 1. The van der Waals surface area contributed by atoms with Crippen LogP contribution in [0.25, 0.3) is 5.65 Å². The quantitative estimate of drug-likeness (QED) is 0.595. The summed E-state index contributed by atoms with van der Waals surface area (Å²) in [6.45, 7) is 0. The highest BCUT2D eigenvalue weighted by Crippen LogP contribution is 2.12. The summed E-state index contributed by atoms with van der Waals surface area (Å²) in [6, 6.07) is 7.21. The van der Waals surface area contributed by atoms with E-state index < -0.39 is 5.91 Å². The molecule has 0 aliphatic rings. The summed E-state index contributed by atoms with van der Waals surface area (Å²) in [4.78, 5) is 20.0. The van der Waals surface area contributed by atoms with Crippen LogP contribution in [-0.2, 0) is 0 Å². The SMILES string of the molecule is O=C(N/N=C/c1ccccc1Cl)c1cn2ccncc2n1. The Morgan fingerprint density at radius 2 is 2.24 bits per heavy atom. The molecule has 0 bridgehead atoms. The largest absolute Gasteiger partial charge is 0.303 e. The van der Waals surface area contributed by atoms with Crippen molar-refractivity contribution in [3.63, 3.8) is 0 Å². The van der Waals surface area contributed by atoms with E-state index in [1.54, 1.807) is 41.3 Å². The number of carbonyl (C=O) groups is 1. The summed E-state index contributed by atoms with van der Waals surface area (Å²) in [5, 5.41) is 4.44. The Bertz CT molecular complexity index is 794. The maximum atomic E-state index is 11.9. The van der Waals surface area contributed by atoms with Gasteiger partial charge in [-0.2, -0.15) is 5.10 Å². The van der Waals surface area contributed by atoms with Gasteiger partial charge in [-0.15, -0.1) is 0 Å². The Morgan fingerprint density at radius 3 is 3.05 bits per heavy atom. The fourth-order valence-electron chi connectivity index (χ4n) is 1.75. The molecule has 0 radical (unpaired) electrons. The van der Waals surface area contributed by atoms with Crippen molar-refractivity contribution >= 4 is 29.4 Å². The number of imidazole rings is 1. The van der Waals surface area contributed by atoms with Gasteiger partial charge in [0.15, 0.2) is 5.65 Å². The number of nitrogens with zero attached hydrogens (tertiary/aromatic N) is 4. The lowest BCUT2D eigenvalue weighted by Crippen LogP contribution is -2.17. The van der Waals surface area contributed by atoms with Gasteiger partial charge in [-0.3, -0.25) is 9.78 Å². The second kappa shape index (κ2) is 5.72. The van der Waals surface area contributed by atoms with Gasteiger partial charge in [-0.25, -0.2) is 10.4 Å². The number of halogens is 1. The number of amides is 1. The van der Waals surface area contributed by atoms with E-state index in [9.17, 15) is 4.79 Å². The molecule has 3 aromatic rings. The van der Waals surface area contributed by atoms with Crippen LogP contribution >= 0.6 is 11.6 Å². The first-order valence-electron chi connectivity index (χ1n) is 6.11. The maximum absolute atomic E-state index is 11.9. The predicted octanol–water partition coefficient (Wildman–Crippen LogP) is 2.15. The van der Waals surface area contributed by atoms with Crippen LogP contribution < -0.4 is 5.43 Å². The fourth-order valence-corrected chi connectivity index (χ4v) is 1.93. The van der Waals surface area contributed by atoms with Crippen LogP contribution in [0.4, 0.5) is 0 Å². The predicted molar refractivity (Wildman–Crippen MR) is 79.5 cm³/mol. The number of hydrogen-bond donors (Lipinski definition) is 1. The van der Waals surface area contributed by atoms with Crippen molar-refractivity contribution in [1.82, 2.24) is 19.8 Å². The lowest BCUT2D eigenvalue weighted by Gasteiger charge is -1.97. The van der Waals surface area contributed by atoms with Crippen molar-refractivity contribution in [2.45, 2.75) is 0 Å². The molecular formula is C14H10ClN5O. The first-order valence-corrected chi connectivity index (χ1v) is 6.48. The Kier molecular flexibility index (Phi) is 3.61. The average Bonchev–Trinajstić information content (AvgIpc) is 2.93. The molecule has 21 heavy (non-hydrogen) atoms. The summed E-state index contributed by atoms with van der Waals surface area (Å²) >= 11 is 5.98. The Morgan fingerprint density at radius 1 is 1.38 bits per heavy atom. The lowest BCUT2D eigenvalue weighted by atomic mass is 10.2. The Labute approximate surface area is 125 Å². The second-order valence-corrected chi connectivity index (χ2v) is 4.60. The van der Waals surface area contributed by atoms with Gasteiger partial charge in [0.05, 0.1) is 12.4 Å². The summed E-state index contributed by atoms with van der Waals surface area (Å²) in [6.07, 6.45) is 8.00. The van der Waals surface area contributed by atoms with Crippen LogP contribution in [0.2, 0.25) is 5.02 Å². The number of hydrogen-bond acceptors (Lipinski definition) is 4. The molecule has 1 aromatic carbocycles. The number of rotatable bonds is 3. The summed E-state index contributed by atoms with van der Waals surface area (Å²) in [5.41, 5.74) is 3.99. The highest BCUT2D eigenvalue weighted by atomic mass is 35.5. The average molecular weight is 300 g/mol. The molecule has 104 valence electrons. The molecule has 2 heterocycles. The van der Waals surface area contributed by atoms with E-state index in [1.807, 2.05) is 12.1 Å². The standard InChI is InChI=1S/C14H10ClN5O/c15-11-4-2-1-3-10(11)7-17-19-14(21)12-9-20-6-5-16-8-13(20)18-12/h1-9H,(H,19,21)/b17-7+.